The first kappa shape index (κ1) is 69.1. The summed E-state index contributed by atoms with van der Waals surface area (Å²) in [4.78, 5) is 26.4. The molecule has 0 heterocycles. The minimum atomic E-state index is -0.789. The summed E-state index contributed by atoms with van der Waals surface area (Å²) in [6.45, 7) is 6.50. The first-order valence-corrected chi connectivity index (χ1v) is 31.7. The average molecular weight is 999 g/mol. The monoisotopic (exact) mass is 998 g/mol. The normalized spacial score (nSPS) is 13.3. The van der Waals surface area contributed by atoms with Crippen LogP contribution in [0.3, 0.4) is 0 Å². The number of unbranched alkanes of at least 4 members (excludes halogenated alkanes) is 40. The Hall–Kier alpha value is -1.92. The molecular formula is C65H123NO5. The van der Waals surface area contributed by atoms with E-state index in [1.54, 1.807) is 0 Å². The molecule has 0 aromatic rings. The van der Waals surface area contributed by atoms with Crippen molar-refractivity contribution in [1.29, 1.82) is 0 Å². The third-order valence-electron chi connectivity index (χ3n) is 14.7. The van der Waals surface area contributed by atoms with Crippen LogP contribution in [0, 0.1) is 0 Å². The van der Waals surface area contributed by atoms with Crippen LogP contribution in [-0.2, 0) is 14.3 Å². The Morgan fingerprint density at radius 2 is 0.718 bits per heavy atom. The second-order valence-electron chi connectivity index (χ2n) is 21.8. The second-order valence-corrected chi connectivity index (χ2v) is 21.8. The van der Waals surface area contributed by atoms with Crippen LogP contribution in [0.2, 0.25) is 0 Å². The summed E-state index contributed by atoms with van der Waals surface area (Å²) in [6, 6.07) is -0.703. The molecule has 0 spiro atoms. The van der Waals surface area contributed by atoms with Crippen molar-refractivity contribution >= 4 is 11.9 Å². The third kappa shape index (κ3) is 54.2. The Morgan fingerprint density at radius 1 is 0.408 bits per heavy atom. The van der Waals surface area contributed by atoms with Gasteiger partial charge in [-0.3, -0.25) is 9.59 Å². The summed E-state index contributed by atoms with van der Waals surface area (Å²) in [7, 11) is 0. The minimum Gasteiger partial charge on any atom is -0.462 e. The molecule has 0 radical (unpaired) electrons. The molecular weight excluding hydrogens is 875 g/mol. The molecule has 3 unspecified atom stereocenters. The van der Waals surface area contributed by atoms with Crippen LogP contribution < -0.4 is 5.32 Å². The summed E-state index contributed by atoms with van der Waals surface area (Å²) < 4.78 is 5.99. The van der Waals surface area contributed by atoms with E-state index in [1.165, 1.54) is 238 Å². The summed E-state index contributed by atoms with van der Waals surface area (Å²) in [5.41, 5.74) is 0. The molecule has 0 aliphatic rings. The Kier molecular flexibility index (Phi) is 57.4. The number of allylic oxidation sites excluding steroid dienone is 6. The lowest BCUT2D eigenvalue weighted by Gasteiger charge is -2.24. The maximum atomic E-state index is 13.3. The molecule has 0 bridgehead atoms. The lowest BCUT2D eigenvalue weighted by molar-refractivity contribution is -0.151. The number of hydrogen-bond donors (Lipinski definition) is 3. The zero-order chi connectivity index (χ0) is 51.6. The molecule has 71 heavy (non-hydrogen) atoms. The molecule has 0 saturated carbocycles. The lowest BCUT2D eigenvalue weighted by Crippen LogP contribution is -2.46. The van der Waals surface area contributed by atoms with Gasteiger partial charge in [-0.25, -0.2) is 0 Å². The number of amides is 1. The van der Waals surface area contributed by atoms with Crippen LogP contribution in [0.5, 0.6) is 0 Å². The highest BCUT2D eigenvalue weighted by atomic mass is 16.5. The van der Waals surface area contributed by atoms with Crippen molar-refractivity contribution in [2.75, 3.05) is 6.61 Å². The van der Waals surface area contributed by atoms with E-state index in [4.69, 9.17) is 4.74 Å². The van der Waals surface area contributed by atoms with Crippen molar-refractivity contribution in [3.63, 3.8) is 0 Å². The van der Waals surface area contributed by atoms with E-state index in [9.17, 15) is 19.8 Å². The maximum absolute atomic E-state index is 13.3. The molecule has 6 heteroatoms. The number of ether oxygens (including phenoxy) is 1. The van der Waals surface area contributed by atoms with E-state index in [0.29, 0.717) is 19.3 Å². The Labute approximate surface area is 443 Å². The molecule has 0 aromatic heterocycles. The van der Waals surface area contributed by atoms with Gasteiger partial charge in [-0.1, -0.05) is 282 Å². The standard InChI is InChI=1S/C65H123NO5/c1-4-7-10-13-16-19-22-25-28-31-32-34-37-40-43-46-49-52-55-58-65(70)71-61(56-53-50-47-44-41-38-35-33-29-26-23-20-17-14-11-8-5-2)59-64(69)66-62(60-67)63(68)57-54-51-48-45-42-39-36-30-27-24-21-18-15-12-9-6-3/h16,19,25-26,28-29,61-63,67-68H,4-15,17-18,20-24,27,30-60H2,1-3H3,(H,66,69)/b19-16-,28-25-,29-26+. The SMILES string of the molecule is CCCCC/C=C\C/C=C\CCCCCCCCCCCC(=O)OC(CCCCCCCCC/C=C/CCCCCCCC)CC(=O)NC(CO)C(O)CCCCCCCCCCCCCCCCCC. The smallest absolute Gasteiger partial charge is 0.306 e. The predicted octanol–water partition coefficient (Wildman–Crippen LogP) is 20.0. The van der Waals surface area contributed by atoms with E-state index < -0.39 is 18.2 Å². The van der Waals surface area contributed by atoms with Crippen molar-refractivity contribution in [2.24, 2.45) is 0 Å². The molecule has 418 valence electrons. The molecule has 3 N–H and O–H groups in total. The van der Waals surface area contributed by atoms with Gasteiger partial charge >= 0.3 is 5.97 Å². The van der Waals surface area contributed by atoms with Crippen molar-refractivity contribution in [3.05, 3.63) is 36.5 Å². The highest BCUT2D eigenvalue weighted by Gasteiger charge is 2.24. The number of rotatable bonds is 58. The first-order valence-electron chi connectivity index (χ1n) is 31.7. The molecule has 1 amide bonds. The van der Waals surface area contributed by atoms with Crippen LogP contribution in [-0.4, -0.2) is 46.9 Å². The van der Waals surface area contributed by atoms with E-state index in [-0.39, 0.29) is 24.9 Å². The van der Waals surface area contributed by atoms with Crippen molar-refractivity contribution < 1.29 is 24.5 Å². The van der Waals surface area contributed by atoms with Crippen molar-refractivity contribution in [2.45, 2.75) is 360 Å². The van der Waals surface area contributed by atoms with Crippen molar-refractivity contribution in [1.82, 2.24) is 5.32 Å². The molecule has 3 atom stereocenters. The van der Waals surface area contributed by atoms with E-state index in [1.807, 2.05) is 0 Å². The van der Waals surface area contributed by atoms with Gasteiger partial charge in [0.05, 0.1) is 25.2 Å². The van der Waals surface area contributed by atoms with Crippen LogP contribution in [0.15, 0.2) is 36.5 Å². The summed E-state index contributed by atoms with van der Waals surface area (Å²) in [5.74, 6) is -0.464. The van der Waals surface area contributed by atoms with Gasteiger partial charge in [-0.05, 0) is 83.5 Å². The number of nitrogens with one attached hydrogen (secondary N) is 1. The van der Waals surface area contributed by atoms with Crippen LogP contribution in [0.25, 0.3) is 0 Å². The summed E-state index contributed by atoms with van der Waals surface area (Å²) in [5, 5.41) is 24.0. The number of esters is 1. The largest absolute Gasteiger partial charge is 0.462 e. The third-order valence-corrected chi connectivity index (χ3v) is 14.7. The summed E-state index contributed by atoms with van der Waals surface area (Å²) in [6.07, 6.45) is 72.1. The van der Waals surface area contributed by atoms with Crippen LogP contribution in [0.1, 0.15) is 342 Å². The first-order chi connectivity index (χ1) is 35.0. The van der Waals surface area contributed by atoms with Gasteiger partial charge in [0, 0.05) is 6.42 Å². The topological polar surface area (TPSA) is 95.9 Å². The molecule has 0 aliphatic carbocycles. The Balaban J connectivity index is 4.52. The quantitative estimate of drug-likeness (QED) is 0.0321. The highest BCUT2D eigenvalue weighted by Crippen LogP contribution is 2.19. The fourth-order valence-corrected chi connectivity index (χ4v) is 9.87. The molecule has 0 aromatic carbocycles. The molecule has 6 nitrogen and oxygen atoms in total. The Morgan fingerprint density at radius 3 is 1.11 bits per heavy atom. The number of carbonyl (C=O) groups excluding carboxylic acids is 2. The van der Waals surface area contributed by atoms with Gasteiger partial charge in [-0.15, -0.1) is 0 Å². The van der Waals surface area contributed by atoms with Crippen LogP contribution in [0.4, 0.5) is 0 Å². The highest BCUT2D eigenvalue weighted by molar-refractivity contribution is 5.77. The number of aliphatic hydroxyl groups excluding tert-OH is 2. The fraction of sp³-hybridized carbons (Fsp3) is 0.877. The Bertz CT molecular complexity index is 1170. The average Bonchev–Trinajstić information content (AvgIpc) is 3.36. The van der Waals surface area contributed by atoms with Gasteiger partial charge in [0.2, 0.25) is 5.91 Å². The van der Waals surface area contributed by atoms with Gasteiger partial charge < -0.3 is 20.3 Å². The molecule has 0 rings (SSSR count). The van der Waals surface area contributed by atoms with Gasteiger partial charge in [0.25, 0.3) is 0 Å². The van der Waals surface area contributed by atoms with E-state index >= 15 is 0 Å². The number of hydrogen-bond acceptors (Lipinski definition) is 5. The van der Waals surface area contributed by atoms with Crippen molar-refractivity contribution in [3.8, 4) is 0 Å². The van der Waals surface area contributed by atoms with Gasteiger partial charge in [0.1, 0.15) is 6.10 Å². The number of aliphatic hydroxyl groups is 2. The summed E-state index contributed by atoms with van der Waals surface area (Å²) >= 11 is 0. The van der Waals surface area contributed by atoms with Gasteiger partial charge in [0.15, 0.2) is 0 Å². The predicted molar refractivity (Wildman–Crippen MR) is 310 cm³/mol. The van der Waals surface area contributed by atoms with Crippen LogP contribution >= 0.6 is 0 Å². The fourth-order valence-electron chi connectivity index (χ4n) is 9.87. The molecule has 0 fully saturated rings. The minimum absolute atomic E-state index is 0.0766. The lowest BCUT2D eigenvalue weighted by atomic mass is 10.0. The molecule has 0 saturated heterocycles. The second kappa shape index (κ2) is 59.0. The van der Waals surface area contributed by atoms with Gasteiger partial charge in [-0.2, -0.15) is 0 Å². The van der Waals surface area contributed by atoms with E-state index in [2.05, 4.69) is 62.5 Å². The zero-order valence-corrected chi connectivity index (χ0v) is 47.9. The number of carbonyl (C=O) groups is 2. The molecule has 0 aliphatic heterocycles. The van der Waals surface area contributed by atoms with E-state index in [0.717, 1.165) is 57.8 Å². The zero-order valence-electron chi connectivity index (χ0n) is 47.9. The maximum Gasteiger partial charge on any atom is 0.306 e.